The lowest BCUT2D eigenvalue weighted by Crippen LogP contribution is -2.13. The summed E-state index contributed by atoms with van der Waals surface area (Å²) >= 11 is 3.43. The normalized spacial score (nSPS) is 10.1. The maximum Gasteiger partial charge on any atom is 0.250 e. The fourth-order valence-electron chi connectivity index (χ4n) is 1.75. The van der Waals surface area contributed by atoms with Crippen LogP contribution in [0.3, 0.4) is 0 Å². The quantitative estimate of drug-likeness (QED) is 0.749. The maximum absolute atomic E-state index is 11.5. The predicted octanol–water partition coefficient (Wildman–Crippen LogP) is 2.88. The standard InChI is InChI=1S/C14H14BrN3O2/c1-20-9-3-4-11(15)13(7-9)18-12-5-2-8(16)6-10(12)14(17)19/h2-7,18H,16H2,1H3,(H2,17,19). The van der Waals surface area contributed by atoms with Crippen LogP contribution in [-0.4, -0.2) is 13.0 Å². The van der Waals surface area contributed by atoms with Gasteiger partial charge in [-0.2, -0.15) is 0 Å². The molecule has 6 heteroatoms. The first-order valence-corrected chi connectivity index (χ1v) is 6.60. The van der Waals surface area contributed by atoms with E-state index in [1.807, 2.05) is 18.2 Å². The number of amides is 1. The van der Waals surface area contributed by atoms with Crippen LogP contribution in [0.2, 0.25) is 0 Å². The number of primary amides is 1. The average molecular weight is 336 g/mol. The minimum atomic E-state index is -0.543. The van der Waals surface area contributed by atoms with Gasteiger partial charge in [0, 0.05) is 16.2 Å². The summed E-state index contributed by atoms with van der Waals surface area (Å²) in [5.41, 5.74) is 13.2. The largest absolute Gasteiger partial charge is 0.497 e. The molecule has 0 aliphatic heterocycles. The van der Waals surface area contributed by atoms with Crippen LogP contribution < -0.4 is 21.5 Å². The van der Waals surface area contributed by atoms with Crippen molar-refractivity contribution >= 4 is 38.9 Å². The van der Waals surface area contributed by atoms with Crippen molar-refractivity contribution in [2.75, 3.05) is 18.2 Å². The van der Waals surface area contributed by atoms with Gasteiger partial charge in [0.25, 0.3) is 5.91 Å². The zero-order chi connectivity index (χ0) is 14.7. The Morgan fingerprint density at radius 1 is 1.20 bits per heavy atom. The molecule has 0 fully saturated rings. The van der Waals surface area contributed by atoms with Crippen LogP contribution in [0.1, 0.15) is 10.4 Å². The number of nitrogens with two attached hydrogens (primary N) is 2. The van der Waals surface area contributed by atoms with Gasteiger partial charge in [-0.05, 0) is 46.3 Å². The van der Waals surface area contributed by atoms with Gasteiger partial charge in [0.2, 0.25) is 0 Å². The highest BCUT2D eigenvalue weighted by Crippen LogP contribution is 2.31. The smallest absolute Gasteiger partial charge is 0.250 e. The number of nitrogen functional groups attached to an aromatic ring is 1. The third-order valence-electron chi connectivity index (χ3n) is 2.75. The van der Waals surface area contributed by atoms with Gasteiger partial charge < -0.3 is 21.5 Å². The van der Waals surface area contributed by atoms with E-state index in [9.17, 15) is 4.79 Å². The number of hydrogen-bond donors (Lipinski definition) is 3. The van der Waals surface area contributed by atoms with Gasteiger partial charge in [-0.25, -0.2) is 0 Å². The molecule has 1 amide bonds. The molecule has 0 unspecified atom stereocenters. The molecule has 104 valence electrons. The molecule has 2 aromatic rings. The van der Waals surface area contributed by atoms with Crippen molar-refractivity contribution in [1.82, 2.24) is 0 Å². The third-order valence-corrected chi connectivity index (χ3v) is 3.44. The Hall–Kier alpha value is -2.21. The van der Waals surface area contributed by atoms with Gasteiger partial charge in [0.15, 0.2) is 0 Å². The summed E-state index contributed by atoms with van der Waals surface area (Å²) in [6, 6.07) is 10.4. The first kappa shape index (κ1) is 14.2. The van der Waals surface area contributed by atoms with Gasteiger partial charge >= 0.3 is 0 Å². The molecule has 0 radical (unpaired) electrons. The molecule has 0 aromatic heterocycles. The molecule has 20 heavy (non-hydrogen) atoms. The Balaban J connectivity index is 2.42. The summed E-state index contributed by atoms with van der Waals surface area (Å²) in [5.74, 6) is 0.158. The maximum atomic E-state index is 11.5. The van der Waals surface area contributed by atoms with Crippen molar-refractivity contribution in [3.05, 3.63) is 46.4 Å². The lowest BCUT2D eigenvalue weighted by molar-refractivity contribution is 0.100. The van der Waals surface area contributed by atoms with Gasteiger partial charge in [-0.3, -0.25) is 4.79 Å². The van der Waals surface area contributed by atoms with Crippen molar-refractivity contribution in [1.29, 1.82) is 0 Å². The molecular formula is C14H14BrN3O2. The minimum Gasteiger partial charge on any atom is -0.497 e. The Morgan fingerprint density at radius 3 is 2.60 bits per heavy atom. The summed E-state index contributed by atoms with van der Waals surface area (Å²) in [4.78, 5) is 11.5. The molecular weight excluding hydrogens is 322 g/mol. The first-order chi connectivity index (χ1) is 9.51. The number of benzene rings is 2. The zero-order valence-electron chi connectivity index (χ0n) is 10.8. The van der Waals surface area contributed by atoms with Crippen LogP contribution in [-0.2, 0) is 0 Å². The molecule has 0 aliphatic rings. The second-order valence-electron chi connectivity index (χ2n) is 4.14. The highest BCUT2D eigenvalue weighted by Gasteiger charge is 2.10. The number of carbonyl (C=O) groups excluding carboxylic acids is 1. The molecule has 2 rings (SSSR count). The number of ether oxygens (including phenoxy) is 1. The molecule has 0 saturated carbocycles. The van der Waals surface area contributed by atoms with Gasteiger partial charge in [0.1, 0.15) is 5.75 Å². The van der Waals surface area contributed by atoms with Crippen molar-refractivity contribution in [3.8, 4) is 5.75 Å². The van der Waals surface area contributed by atoms with E-state index in [4.69, 9.17) is 16.2 Å². The number of anilines is 3. The lowest BCUT2D eigenvalue weighted by Gasteiger charge is -2.13. The van der Waals surface area contributed by atoms with Crippen LogP contribution in [0.4, 0.5) is 17.1 Å². The fraction of sp³-hybridized carbons (Fsp3) is 0.0714. The van der Waals surface area contributed by atoms with E-state index in [0.29, 0.717) is 22.7 Å². The van der Waals surface area contributed by atoms with E-state index in [-0.39, 0.29) is 0 Å². The zero-order valence-corrected chi connectivity index (χ0v) is 12.4. The van der Waals surface area contributed by atoms with Crippen LogP contribution in [0.25, 0.3) is 0 Å². The molecule has 0 aliphatic carbocycles. The molecule has 0 heterocycles. The van der Waals surface area contributed by atoms with Crippen molar-refractivity contribution < 1.29 is 9.53 Å². The molecule has 0 atom stereocenters. The summed E-state index contributed by atoms with van der Waals surface area (Å²) in [6.45, 7) is 0. The Bertz CT molecular complexity index is 659. The second kappa shape index (κ2) is 5.83. The Morgan fingerprint density at radius 2 is 1.95 bits per heavy atom. The van der Waals surface area contributed by atoms with Gasteiger partial charge in [0.05, 0.1) is 24.0 Å². The predicted molar refractivity (Wildman–Crippen MR) is 83.3 cm³/mol. The van der Waals surface area contributed by atoms with Gasteiger partial charge in [-0.1, -0.05) is 0 Å². The molecule has 0 saturated heterocycles. The molecule has 0 bridgehead atoms. The Labute approximate surface area is 125 Å². The van der Waals surface area contributed by atoms with Crippen molar-refractivity contribution in [2.24, 2.45) is 5.73 Å². The van der Waals surface area contributed by atoms with Crippen LogP contribution in [0, 0.1) is 0 Å². The SMILES string of the molecule is COc1ccc(Br)c(Nc2ccc(N)cc2C(N)=O)c1. The highest BCUT2D eigenvalue weighted by molar-refractivity contribution is 9.10. The van der Waals surface area contributed by atoms with E-state index in [2.05, 4.69) is 21.2 Å². The number of halogens is 1. The number of hydrogen-bond acceptors (Lipinski definition) is 4. The van der Waals surface area contributed by atoms with E-state index in [1.54, 1.807) is 25.3 Å². The topological polar surface area (TPSA) is 90.4 Å². The van der Waals surface area contributed by atoms with Crippen molar-refractivity contribution in [2.45, 2.75) is 0 Å². The fourth-order valence-corrected chi connectivity index (χ4v) is 2.09. The molecule has 5 nitrogen and oxygen atoms in total. The van der Waals surface area contributed by atoms with Crippen LogP contribution in [0.15, 0.2) is 40.9 Å². The number of carbonyl (C=O) groups is 1. The Kier molecular flexibility index (Phi) is 4.14. The van der Waals surface area contributed by atoms with Crippen LogP contribution >= 0.6 is 15.9 Å². The monoisotopic (exact) mass is 335 g/mol. The summed E-state index contributed by atoms with van der Waals surface area (Å²) in [5, 5.41) is 3.14. The second-order valence-corrected chi connectivity index (χ2v) is 4.99. The lowest BCUT2D eigenvalue weighted by atomic mass is 10.1. The van der Waals surface area contributed by atoms with Crippen molar-refractivity contribution in [3.63, 3.8) is 0 Å². The number of rotatable bonds is 4. The molecule has 2 aromatic carbocycles. The van der Waals surface area contributed by atoms with E-state index in [1.165, 1.54) is 0 Å². The average Bonchev–Trinajstić information content (AvgIpc) is 2.42. The summed E-state index contributed by atoms with van der Waals surface area (Å²) in [6.07, 6.45) is 0. The minimum absolute atomic E-state index is 0.333. The molecule has 0 spiro atoms. The number of methoxy groups -OCH3 is 1. The van der Waals surface area contributed by atoms with E-state index >= 15 is 0 Å². The van der Waals surface area contributed by atoms with Gasteiger partial charge in [-0.15, -0.1) is 0 Å². The van der Waals surface area contributed by atoms with E-state index in [0.717, 1.165) is 10.2 Å². The highest BCUT2D eigenvalue weighted by atomic mass is 79.9. The first-order valence-electron chi connectivity index (χ1n) is 5.81. The summed E-state index contributed by atoms with van der Waals surface area (Å²) in [7, 11) is 1.59. The molecule has 5 N–H and O–H groups in total. The van der Waals surface area contributed by atoms with Crippen LogP contribution in [0.5, 0.6) is 5.75 Å². The number of nitrogens with one attached hydrogen (secondary N) is 1. The summed E-state index contributed by atoms with van der Waals surface area (Å²) < 4.78 is 6.01. The third kappa shape index (κ3) is 3.03. The van der Waals surface area contributed by atoms with E-state index < -0.39 is 5.91 Å².